The van der Waals surface area contributed by atoms with Crippen molar-refractivity contribution >= 4 is 11.7 Å². The van der Waals surface area contributed by atoms with Crippen LogP contribution < -0.4 is 10.2 Å². The van der Waals surface area contributed by atoms with Gasteiger partial charge >= 0.3 is 0 Å². The molecule has 1 aromatic heterocycles. The average Bonchev–Trinajstić information content (AvgIpc) is 2.53. The van der Waals surface area contributed by atoms with Gasteiger partial charge in [0.2, 0.25) is 5.91 Å². The zero-order chi connectivity index (χ0) is 17.3. The highest BCUT2D eigenvalue weighted by molar-refractivity contribution is 5.83. The van der Waals surface area contributed by atoms with Crippen LogP contribution in [0.4, 0.5) is 5.82 Å². The van der Waals surface area contributed by atoms with Gasteiger partial charge in [0, 0.05) is 24.6 Å². The Balaban J connectivity index is 1.99. The lowest BCUT2D eigenvalue weighted by Gasteiger charge is -2.44. The molecule has 1 aromatic rings. The SMILES string of the molecule is COCc1cc(N2CC(=O)NC3CCCCC32)nc(C(C)(C)C)n1. The first-order valence-electron chi connectivity index (χ1n) is 8.82. The maximum atomic E-state index is 12.2. The summed E-state index contributed by atoms with van der Waals surface area (Å²) < 4.78 is 5.28. The highest BCUT2D eigenvalue weighted by Gasteiger charge is 2.37. The second kappa shape index (κ2) is 6.67. The van der Waals surface area contributed by atoms with Crippen LogP contribution in [0.1, 0.15) is 58.0 Å². The quantitative estimate of drug-likeness (QED) is 0.919. The van der Waals surface area contributed by atoms with Gasteiger partial charge in [0.05, 0.1) is 24.9 Å². The van der Waals surface area contributed by atoms with Crippen molar-refractivity contribution in [1.82, 2.24) is 15.3 Å². The Bertz CT molecular complexity index is 612. The van der Waals surface area contributed by atoms with Crippen molar-refractivity contribution in [2.24, 2.45) is 0 Å². The van der Waals surface area contributed by atoms with Gasteiger partial charge in [-0.1, -0.05) is 33.6 Å². The van der Waals surface area contributed by atoms with Crippen molar-refractivity contribution in [3.8, 4) is 0 Å². The number of nitrogens with zero attached hydrogens (tertiary/aromatic N) is 3. The number of rotatable bonds is 3. The Labute approximate surface area is 144 Å². The van der Waals surface area contributed by atoms with Crippen LogP contribution in [0.3, 0.4) is 0 Å². The fourth-order valence-electron chi connectivity index (χ4n) is 3.62. The molecule has 6 nitrogen and oxygen atoms in total. The molecule has 1 saturated heterocycles. The molecule has 3 rings (SSSR count). The fourth-order valence-corrected chi connectivity index (χ4v) is 3.62. The summed E-state index contributed by atoms with van der Waals surface area (Å²) in [6.07, 6.45) is 4.53. The number of aromatic nitrogens is 2. The highest BCUT2D eigenvalue weighted by Crippen LogP contribution is 2.30. The van der Waals surface area contributed by atoms with Crippen molar-refractivity contribution in [2.45, 2.75) is 70.6 Å². The lowest BCUT2D eigenvalue weighted by Crippen LogP contribution is -2.62. The number of anilines is 1. The molecule has 1 N–H and O–H groups in total. The van der Waals surface area contributed by atoms with E-state index < -0.39 is 0 Å². The van der Waals surface area contributed by atoms with E-state index in [1.165, 1.54) is 12.8 Å². The summed E-state index contributed by atoms with van der Waals surface area (Å²) >= 11 is 0. The van der Waals surface area contributed by atoms with Crippen LogP contribution in [-0.2, 0) is 21.6 Å². The number of piperazine rings is 1. The Morgan fingerprint density at radius 2 is 2.04 bits per heavy atom. The number of amides is 1. The highest BCUT2D eigenvalue weighted by atomic mass is 16.5. The van der Waals surface area contributed by atoms with Crippen LogP contribution in [-0.4, -0.2) is 41.6 Å². The van der Waals surface area contributed by atoms with Gasteiger partial charge in [-0.2, -0.15) is 0 Å². The van der Waals surface area contributed by atoms with Crippen molar-refractivity contribution in [3.63, 3.8) is 0 Å². The van der Waals surface area contributed by atoms with Crippen molar-refractivity contribution in [1.29, 1.82) is 0 Å². The first-order valence-corrected chi connectivity index (χ1v) is 8.82. The summed E-state index contributed by atoms with van der Waals surface area (Å²) in [5.74, 6) is 1.74. The van der Waals surface area contributed by atoms with E-state index >= 15 is 0 Å². The summed E-state index contributed by atoms with van der Waals surface area (Å²) in [5.41, 5.74) is 0.716. The number of carbonyl (C=O) groups excluding carboxylic acids is 1. The number of carbonyl (C=O) groups is 1. The van der Waals surface area contributed by atoms with E-state index in [4.69, 9.17) is 9.72 Å². The number of methoxy groups -OCH3 is 1. The van der Waals surface area contributed by atoms with E-state index in [2.05, 4.69) is 36.0 Å². The zero-order valence-electron chi connectivity index (χ0n) is 15.1. The van der Waals surface area contributed by atoms with Crippen LogP contribution in [0.15, 0.2) is 6.07 Å². The molecule has 2 atom stereocenters. The van der Waals surface area contributed by atoms with Gasteiger partial charge in [0.1, 0.15) is 11.6 Å². The molecule has 0 spiro atoms. The molecule has 1 saturated carbocycles. The van der Waals surface area contributed by atoms with E-state index in [-0.39, 0.29) is 17.4 Å². The van der Waals surface area contributed by atoms with E-state index in [0.717, 1.165) is 30.2 Å². The van der Waals surface area contributed by atoms with Crippen molar-refractivity contribution in [2.75, 3.05) is 18.6 Å². The zero-order valence-corrected chi connectivity index (χ0v) is 15.1. The summed E-state index contributed by atoms with van der Waals surface area (Å²) in [7, 11) is 1.67. The lowest BCUT2D eigenvalue weighted by molar-refractivity contribution is -0.122. The first kappa shape index (κ1) is 17.1. The molecule has 132 valence electrons. The van der Waals surface area contributed by atoms with Gasteiger partial charge in [0.15, 0.2) is 0 Å². The van der Waals surface area contributed by atoms with E-state index in [0.29, 0.717) is 19.2 Å². The number of hydrogen-bond donors (Lipinski definition) is 1. The largest absolute Gasteiger partial charge is 0.378 e. The maximum Gasteiger partial charge on any atom is 0.239 e. The third-order valence-electron chi connectivity index (χ3n) is 4.81. The predicted molar refractivity (Wildman–Crippen MR) is 93.0 cm³/mol. The molecule has 0 aromatic carbocycles. The minimum atomic E-state index is -0.150. The average molecular weight is 332 g/mol. The molecular weight excluding hydrogens is 304 g/mol. The standard InChI is InChI=1S/C18H28N4O2/c1-18(2,3)17-19-12(11-24-4)9-15(21-17)22-10-16(23)20-13-7-5-6-8-14(13)22/h9,13-14H,5-8,10-11H2,1-4H3,(H,20,23). The molecule has 2 unspecified atom stereocenters. The van der Waals surface area contributed by atoms with Crippen LogP contribution in [0.25, 0.3) is 0 Å². The smallest absolute Gasteiger partial charge is 0.239 e. The molecule has 2 fully saturated rings. The molecule has 1 amide bonds. The van der Waals surface area contributed by atoms with Crippen molar-refractivity contribution < 1.29 is 9.53 Å². The molecule has 2 aliphatic rings. The second-order valence-electron chi connectivity index (χ2n) is 7.88. The van der Waals surface area contributed by atoms with E-state index in [1.54, 1.807) is 7.11 Å². The van der Waals surface area contributed by atoms with Crippen LogP contribution in [0.5, 0.6) is 0 Å². The summed E-state index contributed by atoms with van der Waals surface area (Å²) in [5, 5.41) is 3.15. The lowest BCUT2D eigenvalue weighted by atomic mass is 9.87. The summed E-state index contributed by atoms with van der Waals surface area (Å²) in [4.78, 5) is 23.8. The molecular formula is C18H28N4O2. The molecule has 0 radical (unpaired) electrons. The van der Waals surface area contributed by atoms with Gasteiger partial charge in [-0.15, -0.1) is 0 Å². The Morgan fingerprint density at radius 3 is 2.75 bits per heavy atom. The molecule has 1 aliphatic heterocycles. The Kier molecular flexibility index (Phi) is 4.76. The first-order chi connectivity index (χ1) is 11.4. The molecule has 24 heavy (non-hydrogen) atoms. The number of hydrogen-bond acceptors (Lipinski definition) is 5. The van der Waals surface area contributed by atoms with Crippen LogP contribution in [0, 0.1) is 0 Å². The third-order valence-corrected chi connectivity index (χ3v) is 4.81. The Morgan fingerprint density at radius 1 is 1.29 bits per heavy atom. The van der Waals surface area contributed by atoms with Gasteiger partial charge in [0.25, 0.3) is 0 Å². The van der Waals surface area contributed by atoms with Gasteiger partial charge < -0.3 is 15.0 Å². The van der Waals surface area contributed by atoms with E-state index in [1.807, 2.05) is 6.07 Å². The minimum absolute atomic E-state index is 0.0855. The summed E-state index contributed by atoms with van der Waals surface area (Å²) in [6.45, 7) is 7.14. The normalized spacial score (nSPS) is 24.5. The van der Waals surface area contributed by atoms with Crippen LogP contribution in [0.2, 0.25) is 0 Å². The Hall–Kier alpha value is -1.69. The molecule has 6 heteroatoms. The second-order valence-corrected chi connectivity index (χ2v) is 7.88. The van der Waals surface area contributed by atoms with Gasteiger partial charge in [-0.25, -0.2) is 9.97 Å². The van der Waals surface area contributed by atoms with Crippen LogP contribution >= 0.6 is 0 Å². The third kappa shape index (κ3) is 3.53. The number of nitrogens with one attached hydrogen (secondary N) is 1. The maximum absolute atomic E-state index is 12.2. The predicted octanol–water partition coefficient (Wildman–Crippen LogP) is 2.17. The monoisotopic (exact) mass is 332 g/mol. The molecule has 1 aliphatic carbocycles. The van der Waals surface area contributed by atoms with Gasteiger partial charge in [-0.05, 0) is 12.8 Å². The van der Waals surface area contributed by atoms with Crippen molar-refractivity contribution in [3.05, 3.63) is 17.6 Å². The number of ether oxygens (including phenoxy) is 1. The topological polar surface area (TPSA) is 67.3 Å². The number of fused-ring (bicyclic) bond motifs is 1. The van der Waals surface area contributed by atoms with Gasteiger partial charge in [-0.3, -0.25) is 4.79 Å². The fraction of sp³-hybridized carbons (Fsp3) is 0.722. The van der Waals surface area contributed by atoms with E-state index in [9.17, 15) is 4.79 Å². The minimum Gasteiger partial charge on any atom is -0.378 e. The molecule has 2 heterocycles. The molecule has 0 bridgehead atoms. The summed E-state index contributed by atoms with van der Waals surface area (Å²) in [6, 6.07) is 2.54.